The first-order chi connectivity index (χ1) is 10.2. The van der Waals surface area contributed by atoms with Gasteiger partial charge in [0.15, 0.2) is 0 Å². The first-order valence-electron chi connectivity index (χ1n) is 6.54. The number of rotatable bonds is 6. The van der Waals surface area contributed by atoms with Crippen LogP contribution in [-0.2, 0) is 0 Å². The largest absolute Gasteiger partial charge is 0.491 e. The highest BCUT2D eigenvalue weighted by Gasteiger charge is 2.05. The van der Waals surface area contributed by atoms with Gasteiger partial charge in [0.1, 0.15) is 18.5 Å². The van der Waals surface area contributed by atoms with Crippen LogP contribution in [0.3, 0.4) is 0 Å². The number of aliphatic hydroxyl groups is 1. The van der Waals surface area contributed by atoms with Crippen LogP contribution in [0.25, 0.3) is 0 Å². The monoisotopic (exact) mass is 345 g/mol. The lowest BCUT2D eigenvalue weighted by molar-refractivity contribution is 0.117. The summed E-state index contributed by atoms with van der Waals surface area (Å²) < 4.78 is 6.50. The van der Waals surface area contributed by atoms with E-state index in [-0.39, 0.29) is 6.61 Å². The molecule has 2 aromatic rings. The van der Waals surface area contributed by atoms with Gasteiger partial charge in [0, 0.05) is 22.3 Å². The van der Waals surface area contributed by atoms with Gasteiger partial charge in [-0.3, -0.25) is 0 Å². The second kappa shape index (κ2) is 7.72. The molecule has 0 fully saturated rings. The number of ether oxygens (including phenoxy) is 1. The first kappa shape index (κ1) is 15.4. The van der Waals surface area contributed by atoms with E-state index in [1.807, 2.05) is 48.5 Å². The highest BCUT2D eigenvalue weighted by Crippen LogP contribution is 2.16. The summed E-state index contributed by atoms with van der Waals surface area (Å²) in [5.74, 6) is 3.30. The Morgan fingerprint density at radius 3 is 2.71 bits per heavy atom. The molecule has 1 unspecified atom stereocenters. The highest BCUT2D eigenvalue weighted by atomic mass is 79.9. The van der Waals surface area contributed by atoms with Crippen molar-refractivity contribution < 1.29 is 9.84 Å². The van der Waals surface area contributed by atoms with Gasteiger partial charge >= 0.3 is 0 Å². The van der Waals surface area contributed by atoms with Crippen molar-refractivity contribution in [2.75, 3.05) is 18.5 Å². The van der Waals surface area contributed by atoms with E-state index in [0.29, 0.717) is 6.54 Å². The molecule has 0 radical (unpaired) electrons. The van der Waals surface area contributed by atoms with Crippen LogP contribution < -0.4 is 10.1 Å². The van der Waals surface area contributed by atoms with E-state index >= 15 is 0 Å². The van der Waals surface area contributed by atoms with Crippen LogP contribution >= 0.6 is 15.9 Å². The molecular formula is C17H16BrNO2. The van der Waals surface area contributed by atoms with Gasteiger partial charge in [0.25, 0.3) is 0 Å². The van der Waals surface area contributed by atoms with Crippen LogP contribution in [0.4, 0.5) is 5.69 Å². The molecule has 0 heterocycles. The Labute approximate surface area is 133 Å². The van der Waals surface area contributed by atoms with Crippen molar-refractivity contribution in [3.05, 3.63) is 58.6 Å². The molecule has 0 amide bonds. The molecule has 0 aliphatic heterocycles. The van der Waals surface area contributed by atoms with Crippen molar-refractivity contribution in [3.8, 4) is 18.1 Å². The third-order valence-corrected chi connectivity index (χ3v) is 3.36. The van der Waals surface area contributed by atoms with Crippen LogP contribution in [-0.4, -0.2) is 24.4 Å². The number of halogens is 1. The fourth-order valence-corrected chi connectivity index (χ4v) is 2.00. The van der Waals surface area contributed by atoms with Crippen LogP contribution in [0.1, 0.15) is 5.56 Å². The van der Waals surface area contributed by atoms with Crippen molar-refractivity contribution in [1.29, 1.82) is 0 Å². The molecule has 0 aliphatic rings. The minimum atomic E-state index is -0.608. The Morgan fingerprint density at radius 2 is 2.00 bits per heavy atom. The number of anilines is 1. The molecular weight excluding hydrogens is 330 g/mol. The van der Waals surface area contributed by atoms with E-state index in [2.05, 4.69) is 27.2 Å². The number of hydrogen-bond acceptors (Lipinski definition) is 3. The number of hydrogen-bond donors (Lipinski definition) is 2. The van der Waals surface area contributed by atoms with Crippen molar-refractivity contribution in [3.63, 3.8) is 0 Å². The number of terminal acetylenes is 1. The average molecular weight is 346 g/mol. The van der Waals surface area contributed by atoms with Gasteiger partial charge in [0.2, 0.25) is 0 Å². The maximum absolute atomic E-state index is 9.92. The van der Waals surface area contributed by atoms with Gasteiger partial charge in [-0.15, -0.1) is 6.42 Å². The molecule has 4 heteroatoms. The molecule has 3 nitrogen and oxygen atoms in total. The summed E-state index contributed by atoms with van der Waals surface area (Å²) in [7, 11) is 0. The van der Waals surface area contributed by atoms with Crippen LogP contribution in [0.2, 0.25) is 0 Å². The van der Waals surface area contributed by atoms with E-state index in [0.717, 1.165) is 21.5 Å². The Hall–Kier alpha value is -1.96. The molecule has 0 saturated heterocycles. The summed E-state index contributed by atoms with van der Waals surface area (Å²) in [5.41, 5.74) is 1.69. The third kappa shape index (κ3) is 5.14. The molecule has 2 N–H and O–H groups in total. The molecule has 2 rings (SSSR count). The Bertz CT molecular complexity index is 619. The zero-order chi connectivity index (χ0) is 15.1. The summed E-state index contributed by atoms with van der Waals surface area (Å²) in [5, 5.41) is 13.0. The van der Waals surface area contributed by atoms with Gasteiger partial charge in [-0.05, 0) is 42.5 Å². The highest BCUT2D eigenvalue weighted by molar-refractivity contribution is 9.10. The summed E-state index contributed by atoms with van der Waals surface area (Å²) in [4.78, 5) is 0. The number of benzene rings is 2. The molecule has 108 valence electrons. The fraction of sp³-hybridized carbons (Fsp3) is 0.176. The lowest BCUT2D eigenvalue weighted by Gasteiger charge is -2.14. The topological polar surface area (TPSA) is 41.5 Å². The smallest absolute Gasteiger partial charge is 0.119 e. The zero-order valence-electron chi connectivity index (χ0n) is 11.4. The predicted octanol–water partition coefficient (Wildman–Crippen LogP) is 3.28. The number of nitrogens with one attached hydrogen (secondary N) is 1. The van der Waals surface area contributed by atoms with Gasteiger partial charge in [-0.1, -0.05) is 27.9 Å². The summed E-state index contributed by atoms with van der Waals surface area (Å²) in [6, 6.07) is 15.0. The van der Waals surface area contributed by atoms with Gasteiger partial charge in [-0.2, -0.15) is 0 Å². The SMILES string of the molecule is C#Cc1cccc(NCC(O)COc2ccc(Br)cc2)c1. The van der Waals surface area contributed by atoms with Crippen molar-refractivity contribution in [2.45, 2.75) is 6.10 Å². The summed E-state index contributed by atoms with van der Waals surface area (Å²) in [6.07, 6.45) is 4.74. The predicted molar refractivity (Wildman–Crippen MR) is 88.5 cm³/mol. The fourth-order valence-electron chi connectivity index (χ4n) is 1.74. The Balaban J connectivity index is 1.78. The molecule has 21 heavy (non-hydrogen) atoms. The minimum Gasteiger partial charge on any atom is -0.491 e. The molecule has 0 bridgehead atoms. The lowest BCUT2D eigenvalue weighted by Crippen LogP contribution is -2.26. The molecule has 0 saturated carbocycles. The summed E-state index contributed by atoms with van der Waals surface area (Å²) >= 11 is 3.36. The van der Waals surface area contributed by atoms with Crippen molar-refractivity contribution >= 4 is 21.6 Å². The normalized spacial score (nSPS) is 11.5. The minimum absolute atomic E-state index is 0.226. The van der Waals surface area contributed by atoms with E-state index < -0.39 is 6.10 Å². The average Bonchev–Trinajstić information content (AvgIpc) is 2.52. The Morgan fingerprint density at radius 1 is 1.24 bits per heavy atom. The van der Waals surface area contributed by atoms with E-state index in [1.54, 1.807) is 0 Å². The molecule has 0 aliphatic carbocycles. The number of aliphatic hydroxyl groups excluding tert-OH is 1. The van der Waals surface area contributed by atoms with Crippen molar-refractivity contribution in [1.82, 2.24) is 0 Å². The summed E-state index contributed by atoms with van der Waals surface area (Å²) in [6.45, 7) is 0.619. The van der Waals surface area contributed by atoms with Gasteiger partial charge < -0.3 is 15.2 Å². The van der Waals surface area contributed by atoms with Crippen molar-refractivity contribution in [2.24, 2.45) is 0 Å². The quantitative estimate of drug-likeness (QED) is 0.789. The molecule has 1 atom stereocenters. The molecule has 0 spiro atoms. The van der Waals surface area contributed by atoms with Crippen LogP contribution in [0, 0.1) is 12.3 Å². The molecule has 2 aromatic carbocycles. The van der Waals surface area contributed by atoms with E-state index in [1.165, 1.54) is 0 Å². The Kier molecular flexibility index (Phi) is 5.68. The third-order valence-electron chi connectivity index (χ3n) is 2.83. The second-order valence-corrected chi connectivity index (χ2v) is 5.44. The van der Waals surface area contributed by atoms with Gasteiger partial charge in [0.05, 0.1) is 0 Å². The maximum Gasteiger partial charge on any atom is 0.119 e. The second-order valence-electron chi connectivity index (χ2n) is 4.52. The van der Waals surface area contributed by atoms with Crippen LogP contribution in [0.5, 0.6) is 5.75 Å². The van der Waals surface area contributed by atoms with Gasteiger partial charge in [-0.25, -0.2) is 0 Å². The maximum atomic E-state index is 9.92. The van der Waals surface area contributed by atoms with E-state index in [4.69, 9.17) is 11.2 Å². The first-order valence-corrected chi connectivity index (χ1v) is 7.33. The van der Waals surface area contributed by atoms with E-state index in [9.17, 15) is 5.11 Å². The zero-order valence-corrected chi connectivity index (χ0v) is 13.0. The molecule has 0 aromatic heterocycles. The lowest BCUT2D eigenvalue weighted by atomic mass is 10.2. The standard InChI is InChI=1S/C17H16BrNO2/c1-2-13-4-3-5-15(10-13)19-11-16(20)12-21-17-8-6-14(18)7-9-17/h1,3-10,16,19-20H,11-12H2. The van der Waals surface area contributed by atoms with Crippen LogP contribution in [0.15, 0.2) is 53.0 Å².